The third kappa shape index (κ3) is 2.97. The molecule has 1 aromatic carbocycles. The van der Waals surface area contributed by atoms with E-state index in [0.717, 1.165) is 39.5 Å². The highest BCUT2D eigenvalue weighted by Gasteiger charge is 2.16. The van der Waals surface area contributed by atoms with Gasteiger partial charge >= 0.3 is 0 Å². The standard InChI is InChI=1S/C20H18N4O2/c1-13-19-20(26-24-13)17(22-12-14-6-5-9-21-11-14)10-16(23-19)15-7-3-4-8-18(15)25-2/h3-11H,12H2,1-2H3,(H,22,23). The lowest BCUT2D eigenvalue weighted by Crippen LogP contribution is -2.01. The van der Waals surface area contributed by atoms with E-state index in [1.54, 1.807) is 13.3 Å². The average molecular weight is 346 g/mol. The van der Waals surface area contributed by atoms with Crippen molar-refractivity contribution in [1.29, 1.82) is 0 Å². The summed E-state index contributed by atoms with van der Waals surface area (Å²) in [6.45, 7) is 2.51. The summed E-state index contributed by atoms with van der Waals surface area (Å²) in [5.41, 5.74) is 5.76. The fraction of sp³-hybridized carbons (Fsp3) is 0.150. The molecular formula is C20H18N4O2. The van der Waals surface area contributed by atoms with Gasteiger partial charge in [-0.2, -0.15) is 0 Å². The summed E-state index contributed by atoms with van der Waals surface area (Å²) in [6.07, 6.45) is 3.59. The van der Waals surface area contributed by atoms with Crippen LogP contribution in [-0.2, 0) is 6.54 Å². The fourth-order valence-electron chi connectivity index (χ4n) is 2.85. The van der Waals surface area contributed by atoms with E-state index in [1.165, 1.54) is 0 Å². The Balaban J connectivity index is 1.79. The predicted octanol–water partition coefficient (Wildman–Crippen LogP) is 4.21. The number of para-hydroxylation sites is 1. The van der Waals surface area contributed by atoms with Gasteiger partial charge in [-0.3, -0.25) is 4.98 Å². The number of methoxy groups -OCH3 is 1. The number of nitrogens with zero attached hydrogens (tertiary/aromatic N) is 3. The molecule has 4 aromatic rings. The number of hydrogen-bond acceptors (Lipinski definition) is 6. The van der Waals surface area contributed by atoms with Gasteiger partial charge in [-0.05, 0) is 36.8 Å². The second-order valence-corrected chi connectivity index (χ2v) is 5.92. The summed E-state index contributed by atoms with van der Waals surface area (Å²) in [6, 6.07) is 13.7. The molecule has 26 heavy (non-hydrogen) atoms. The van der Waals surface area contributed by atoms with Crippen LogP contribution in [0.5, 0.6) is 5.75 Å². The summed E-state index contributed by atoms with van der Waals surface area (Å²) >= 11 is 0. The Kier molecular flexibility index (Phi) is 4.23. The fourth-order valence-corrected chi connectivity index (χ4v) is 2.85. The number of rotatable bonds is 5. The summed E-state index contributed by atoms with van der Waals surface area (Å²) in [7, 11) is 1.66. The van der Waals surface area contributed by atoms with E-state index < -0.39 is 0 Å². The maximum atomic E-state index is 5.49. The predicted molar refractivity (Wildman–Crippen MR) is 100 cm³/mol. The van der Waals surface area contributed by atoms with Gasteiger partial charge in [0.25, 0.3) is 0 Å². The van der Waals surface area contributed by atoms with E-state index in [0.29, 0.717) is 12.1 Å². The molecule has 3 heterocycles. The molecule has 0 amide bonds. The molecule has 6 nitrogen and oxygen atoms in total. The van der Waals surface area contributed by atoms with Crippen LogP contribution in [0.25, 0.3) is 22.4 Å². The first-order valence-corrected chi connectivity index (χ1v) is 8.29. The topological polar surface area (TPSA) is 73.1 Å². The Hall–Kier alpha value is -3.41. The van der Waals surface area contributed by atoms with Crippen molar-refractivity contribution in [2.45, 2.75) is 13.5 Å². The van der Waals surface area contributed by atoms with Gasteiger partial charge < -0.3 is 14.6 Å². The number of anilines is 1. The van der Waals surface area contributed by atoms with Crippen molar-refractivity contribution in [3.63, 3.8) is 0 Å². The lowest BCUT2D eigenvalue weighted by molar-refractivity contribution is 0.416. The number of aryl methyl sites for hydroxylation is 1. The van der Waals surface area contributed by atoms with Crippen molar-refractivity contribution >= 4 is 16.8 Å². The molecule has 130 valence electrons. The first-order valence-electron chi connectivity index (χ1n) is 8.29. The van der Waals surface area contributed by atoms with Crippen molar-refractivity contribution in [3.8, 4) is 17.0 Å². The third-order valence-electron chi connectivity index (χ3n) is 4.18. The van der Waals surface area contributed by atoms with Crippen LogP contribution in [-0.4, -0.2) is 22.2 Å². The van der Waals surface area contributed by atoms with Gasteiger partial charge in [-0.25, -0.2) is 4.98 Å². The Labute approximate surface area is 150 Å². The molecule has 0 saturated heterocycles. The first-order chi connectivity index (χ1) is 12.8. The van der Waals surface area contributed by atoms with Gasteiger partial charge in [0.05, 0.1) is 18.5 Å². The van der Waals surface area contributed by atoms with Gasteiger partial charge in [-0.15, -0.1) is 0 Å². The number of hydrogen-bond donors (Lipinski definition) is 1. The van der Waals surface area contributed by atoms with Gasteiger partial charge in [0.1, 0.15) is 17.0 Å². The molecule has 0 fully saturated rings. The molecule has 0 saturated carbocycles. The second-order valence-electron chi connectivity index (χ2n) is 5.92. The average Bonchev–Trinajstić information content (AvgIpc) is 3.08. The van der Waals surface area contributed by atoms with Crippen molar-refractivity contribution in [1.82, 2.24) is 15.1 Å². The highest BCUT2D eigenvalue weighted by Crippen LogP contribution is 2.34. The van der Waals surface area contributed by atoms with E-state index in [4.69, 9.17) is 14.2 Å². The van der Waals surface area contributed by atoms with Crippen LogP contribution in [0.15, 0.2) is 59.4 Å². The van der Waals surface area contributed by atoms with Crippen LogP contribution in [0.1, 0.15) is 11.3 Å². The van der Waals surface area contributed by atoms with E-state index >= 15 is 0 Å². The van der Waals surface area contributed by atoms with Crippen LogP contribution in [0.3, 0.4) is 0 Å². The normalized spacial score (nSPS) is 10.8. The zero-order valence-electron chi connectivity index (χ0n) is 14.6. The molecule has 1 N–H and O–H groups in total. The van der Waals surface area contributed by atoms with Gasteiger partial charge in [0, 0.05) is 24.5 Å². The number of fused-ring (bicyclic) bond motifs is 1. The van der Waals surface area contributed by atoms with Crippen molar-refractivity contribution in [2.24, 2.45) is 0 Å². The quantitative estimate of drug-likeness (QED) is 0.583. The van der Waals surface area contributed by atoms with Crippen LogP contribution >= 0.6 is 0 Å². The molecule has 6 heteroatoms. The zero-order valence-corrected chi connectivity index (χ0v) is 14.6. The summed E-state index contributed by atoms with van der Waals surface area (Å²) in [4.78, 5) is 8.89. The van der Waals surface area contributed by atoms with Crippen LogP contribution in [0, 0.1) is 6.92 Å². The van der Waals surface area contributed by atoms with E-state index in [-0.39, 0.29) is 0 Å². The molecule has 0 unspecified atom stereocenters. The highest BCUT2D eigenvalue weighted by molar-refractivity contribution is 5.90. The summed E-state index contributed by atoms with van der Waals surface area (Å²) < 4.78 is 11.0. The maximum Gasteiger partial charge on any atom is 0.208 e. The minimum Gasteiger partial charge on any atom is -0.496 e. The Bertz CT molecular complexity index is 1040. The lowest BCUT2D eigenvalue weighted by Gasteiger charge is -2.11. The van der Waals surface area contributed by atoms with E-state index in [2.05, 4.69) is 15.5 Å². The third-order valence-corrected chi connectivity index (χ3v) is 4.18. The van der Waals surface area contributed by atoms with Gasteiger partial charge in [0.2, 0.25) is 5.58 Å². The largest absolute Gasteiger partial charge is 0.496 e. The van der Waals surface area contributed by atoms with Gasteiger partial charge in [0.15, 0.2) is 0 Å². The molecule has 0 aliphatic heterocycles. The molecule has 0 bridgehead atoms. The molecule has 0 radical (unpaired) electrons. The van der Waals surface area contributed by atoms with Crippen molar-refractivity contribution < 1.29 is 9.26 Å². The number of benzene rings is 1. The summed E-state index contributed by atoms with van der Waals surface area (Å²) in [5, 5.41) is 7.48. The highest BCUT2D eigenvalue weighted by atomic mass is 16.5. The van der Waals surface area contributed by atoms with E-state index in [9.17, 15) is 0 Å². The maximum absolute atomic E-state index is 5.49. The number of ether oxygens (including phenoxy) is 1. The van der Waals surface area contributed by atoms with Crippen LogP contribution < -0.4 is 10.1 Å². The molecule has 0 aliphatic carbocycles. The van der Waals surface area contributed by atoms with Gasteiger partial charge in [-0.1, -0.05) is 23.4 Å². The van der Waals surface area contributed by atoms with Crippen molar-refractivity contribution in [3.05, 3.63) is 66.1 Å². The first kappa shape index (κ1) is 16.1. The Morgan fingerprint density at radius 1 is 1.15 bits per heavy atom. The van der Waals surface area contributed by atoms with E-state index in [1.807, 2.05) is 55.6 Å². The number of pyridine rings is 2. The monoisotopic (exact) mass is 346 g/mol. The Morgan fingerprint density at radius 2 is 2.04 bits per heavy atom. The smallest absolute Gasteiger partial charge is 0.208 e. The lowest BCUT2D eigenvalue weighted by atomic mass is 10.1. The molecular weight excluding hydrogens is 328 g/mol. The SMILES string of the molecule is COc1ccccc1-c1cc(NCc2cccnc2)c2onc(C)c2n1. The molecule has 0 atom stereocenters. The molecule has 0 spiro atoms. The molecule has 4 rings (SSSR count). The van der Waals surface area contributed by atoms with Crippen molar-refractivity contribution in [2.75, 3.05) is 12.4 Å². The van der Waals surface area contributed by atoms with Crippen LogP contribution in [0.4, 0.5) is 5.69 Å². The van der Waals surface area contributed by atoms with Crippen LogP contribution in [0.2, 0.25) is 0 Å². The summed E-state index contributed by atoms with van der Waals surface area (Å²) in [5.74, 6) is 0.770. The molecule has 0 aliphatic rings. The number of aromatic nitrogens is 3. The zero-order chi connectivity index (χ0) is 17.9. The number of nitrogens with one attached hydrogen (secondary N) is 1. The Morgan fingerprint density at radius 3 is 2.85 bits per heavy atom. The second kappa shape index (κ2) is 6.84. The minimum atomic E-state index is 0.623. The molecule has 3 aromatic heterocycles. The minimum absolute atomic E-state index is 0.623.